The van der Waals surface area contributed by atoms with E-state index in [0.717, 1.165) is 11.1 Å². The highest BCUT2D eigenvalue weighted by molar-refractivity contribution is 6.78. The maximum Gasteiger partial charge on any atom is 0.0879 e. The number of aliphatic hydroxyl groups is 1. The molecular weight excluding hydrogens is 288 g/mol. The predicted octanol–water partition coefficient (Wildman–Crippen LogP) is 4.53. The smallest absolute Gasteiger partial charge is 0.0879 e. The lowest BCUT2D eigenvalue weighted by molar-refractivity contribution is 0.0153. The molecule has 0 fully saturated rings. The summed E-state index contributed by atoms with van der Waals surface area (Å²) in [6, 6.07) is 20.2. The highest BCUT2D eigenvalue weighted by Gasteiger charge is 2.44. The Labute approximate surface area is 134 Å². The number of hydrogen-bond acceptors (Lipinski definition) is 2. The van der Waals surface area contributed by atoms with Crippen molar-refractivity contribution in [2.75, 3.05) is 7.11 Å². The van der Waals surface area contributed by atoms with Gasteiger partial charge in [0.25, 0.3) is 0 Å². The Hall–Kier alpha value is -1.42. The molecule has 2 aromatic rings. The first-order valence-corrected chi connectivity index (χ1v) is 11.2. The minimum Gasteiger partial charge on any atom is -0.389 e. The third-order valence-electron chi connectivity index (χ3n) is 4.43. The highest BCUT2D eigenvalue weighted by Crippen LogP contribution is 2.40. The largest absolute Gasteiger partial charge is 0.389 e. The Morgan fingerprint density at radius 3 is 1.91 bits per heavy atom. The molecule has 0 spiro atoms. The fourth-order valence-corrected chi connectivity index (χ4v) is 4.67. The quantitative estimate of drug-likeness (QED) is 0.794. The number of rotatable bonds is 6. The molecule has 0 aliphatic rings. The second-order valence-corrected chi connectivity index (χ2v) is 12.1. The van der Waals surface area contributed by atoms with Crippen LogP contribution in [0.5, 0.6) is 0 Å². The van der Waals surface area contributed by atoms with E-state index in [1.807, 2.05) is 48.5 Å². The molecule has 3 heteroatoms. The molecule has 22 heavy (non-hydrogen) atoms. The molecule has 0 aliphatic carbocycles. The Balaban J connectivity index is 2.39. The summed E-state index contributed by atoms with van der Waals surface area (Å²) in [5, 5.41) is 10.7. The van der Waals surface area contributed by atoms with Crippen LogP contribution in [0, 0.1) is 0 Å². The van der Waals surface area contributed by atoms with Crippen molar-refractivity contribution in [1.82, 2.24) is 0 Å². The van der Waals surface area contributed by atoms with E-state index in [0.29, 0.717) is 6.42 Å². The van der Waals surface area contributed by atoms with E-state index in [4.69, 9.17) is 4.74 Å². The molecule has 0 saturated heterocycles. The predicted molar refractivity (Wildman–Crippen MR) is 94.5 cm³/mol. The first-order chi connectivity index (χ1) is 10.4. The lowest BCUT2D eigenvalue weighted by Gasteiger charge is -2.41. The van der Waals surface area contributed by atoms with Gasteiger partial charge in [-0.3, -0.25) is 0 Å². The summed E-state index contributed by atoms with van der Waals surface area (Å²) in [7, 11) is -0.173. The molecule has 0 radical (unpaired) electrons. The third kappa shape index (κ3) is 3.49. The van der Waals surface area contributed by atoms with Gasteiger partial charge in [-0.05, 0) is 11.1 Å². The van der Waals surface area contributed by atoms with Crippen LogP contribution in [0.3, 0.4) is 0 Å². The zero-order chi connectivity index (χ0) is 16.2. The molecule has 0 saturated carbocycles. The van der Waals surface area contributed by atoms with Gasteiger partial charge in [0.05, 0.1) is 19.4 Å². The number of ether oxygens (including phenoxy) is 1. The Kier molecular flexibility index (Phi) is 5.22. The van der Waals surface area contributed by atoms with Crippen LogP contribution >= 0.6 is 0 Å². The minimum absolute atomic E-state index is 0.113. The molecule has 0 unspecified atom stereocenters. The molecule has 2 atom stereocenters. The monoisotopic (exact) mass is 314 g/mol. The van der Waals surface area contributed by atoms with E-state index in [2.05, 4.69) is 31.8 Å². The Morgan fingerprint density at radius 1 is 0.955 bits per heavy atom. The molecule has 118 valence electrons. The van der Waals surface area contributed by atoms with Crippen molar-refractivity contribution in [2.45, 2.75) is 37.4 Å². The Bertz CT molecular complexity index is 577. The van der Waals surface area contributed by atoms with Gasteiger partial charge in [-0.1, -0.05) is 80.3 Å². The normalized spacial score (nSPS) is 16.0. The fraction of sp³-hybridized carbons (Fsp3) is 0.368. The summed E-state index contributed by atoms with van der Waals surface area (Å²) in [6.07, 6.45) is 0.464. The van der Waals surface area contributed by atoms with Gasteiger partial charge >= 0.3 is 0 Å². The Morgan fingerprint density at radius 2 is 1.45 bits per heavy atom. The number of methoxy groups -OCH3 is 1. The molecule has 1 N–H and O–H groups in total. The molecule has 0 amide bonds. The summed E-state index contributed by atoms with van der Waals surface area (Å²) < 4.78 is 5.71. The molecule has 0 heterocycles. The molecule has 2 aromatic carbocycles. The molecule has 0 aromatic heterocycles. The summed E-state index contributed by atoms with van der Waals surface area (Å²) in [5.74, 6) is 0. The van der Waals surface area contributed by atoms with Crippen molar-refractivity contribution in [3.8, 4) is 0 Å². The summed E-state index contributed by atoms with van der Waals surface area (Å²) in [4.78, 5) is 0. The minimum atomic E-state index is -1.89. The van der Waals surface area contributed by atoms with E-state index < -0.39 is 13.3 Å². The molecule has 0 bridgehead atoms. The standard InChI is InChI=1S/C19H26O2Si/c1-21-18(16-11-7-5-8-12-16)15-19(20,22(2,3)4)17-13-9-6-10-14-17/h5-14,18,20H,15H2,1-4H3/t18-,19-/m0/s1. The number of hydrogen-bond donors (Lipinski definition) is 1. The van der Waals surface area contributed by atoms with Crippen molar-refractivity contribution in [2.24, 2.45) is 0 Å². The SMILES string of the molecule is CO[C@@H](C[C@@](O)(c1ccccc1)[Si](C)(C)C)c1ccccc1. The van der Waals surface area contributed by atoms with Crippen LogP contribution < -0.4 is 0 Å². The summed E-state index contributed by atoms with van der Waals surface area (Å²) in [6.45, 7) is 6.62. The van der Waals surface area contributed by atoms with E-state index in [-0.39, 0.29) is 6.10 Å². The molecule has 2 rings (SSSR count). The molecular formula is C19H26O2Si. The average molecular weight is 315 g/mol. The van der Waals surface area contributed by atoms with Crippen LogP contribution in [0.4, 0.5) is 0 Å². The third-order valence-corrected chi connectivity index (χ3v) is 7.40. The zero-order valence-electron chi connectivity index (χ0n) is 13.9. The van der Waals surface area contributed by atoms with Crippen LogP contribution in [-0.2, 0) is 9.96 Å². The van der Waals surface area contributed by atoms with Gasteiger partial charge in [0.15, 0.2) is 0 Å². The topological polar surface area (TPSA) is 29.5 Å². The molecule has 0 aliphatic heterocycles. The lowest BCUT2D eigenvalue weighted by Crippen LogP contribution is -2.50. The first-order valence-electron chi connectivity index (χ1n) is 7.74. The maximum atomic E-state index is 11.6. The van der Waals surface area contributed by atoms with Gasteiger partial charge in [-0.2, -0.15) is 0 Å². The van der Waals surface area contributed by atoms with Crippen molar-refractivity contribution < 1.29 is 9.84 Å². The van der Waals surface area contributed by atoms with E-state index in [1.54, 1.807) is 7.11 Å². The van der Waals surface area contributed by atoms with Crippen molar-refractivity contribution in [1.29, 1.82) is 0 Å². The van der Waals surface area contributed by atoms with E-state index >= 15 is 0 Å². The van der Waals surface area contributed by atoms with Crippen molar-refractivity contribution >= 4 is 8.07 Å². The fourth-order valence-electron chi connectivity index (χ4n) is 2.84. The van der Waals surface area contributed by atoms with Gasteiger partial charge in [0.2, 0.25) is 0 Å². The summed E-state index contributed by atoms with van der Waals surface area (Å²) in [5.41, 5.74) is 2.10. The zero-order valence-corrected chi connectivity index (χ0v) is 14.9. The van der Waals surface area contributed by atoms with Gasteiger partial charge in [-0.25, -0.2) is 0 Å². The first kappa shape index (κ1) is 16.9. The second-order valence-electron chi connectivity index (χ2n) is 6.82. The van der Waals surface area contributed by atoms with E-state index in [1.165, 1.54) is 0 Å². The van der Waals surface area contributed by atoms with Crippen LogP contribution in [-0.4, -0.2) is 20.3 Å². The number of benzene rings is 2. The molecule has 2 nitrogen and oxygen atoms in total. The van der Waals surface area contributed by atoms with E-state index in [9.17, 15) is 5.11 Å². The summed E-state index contributed by atoms with van der Waals surface area (Å²) >= 11 is 0. The van der Waals surface area contributed by atoms with Gasteiger partial charge in [0.1, 0.15) is 0 Å². The van der Waals surface area contributed by atoms with Crippen LogP contribution in [0.15, 0.2) is 60.7 Å². The lowest BCUT2D eigenvalue weighted by atomic mass is 9.98. The van der Waals surface area contributed by atoms with Crippen molar-refractivity contribution in [3.05, 3.63) is 71.8 Å². The van der Waals surface area contributed by atoms with Gasteiger partial charge in [-0.15, -0.1) is 0 Å². The van der Waals surface area contributed by atoms with Crippen molar-refractivity contribution in [3.63, 3.8) is 0 Å². The van der Waals surface area contributed by atoms with Crippen LogP contribution in [0.2, 0.25) is 19.6 Å². The van der Waals surface area contributed by atoms with Gasteiger partial charge < -0.3 is 9.84 Å². The second kappa shape index (κ2) is 6.78. The van der Waals surface area contributed by atoms with Gasteiger partial charge in [0, 0.05) is 13.5 Å². The highest BCUT2D eigenvalue weighted by atomic mass is 28.3. The van der Waals surface area contributed by atoms with Crippen LogP contribution in [0.25, 0.3) is 0 Å². The maximum absolute atomic E-state index is 11.6. The average Bonchev–Trinajstić information content (AvgIpc) is 2.53. The van der Waals surface area contributed by atoms with Crippen LogP contribution in [0.1, 0.15) is 23.7 Å².